The van der Waals surface area contributed by atoms with E-state index in [1.165, 1.54) is 20.5 Å². The Labute approximate surface area is 92.7 Å². The lowest BCUT2D eigenvalue weighted by Crippen LogP contribution is -2.21. The predicted octanol–water partition coefficient (Wildman–Crippen LogP) is 2.47. The first-order valence-electron chi connectivity index (χ1n) is 5.22. The molecule has 2 heterocycles. The SMILES string of the molecule is NC[C@H]1OCCc2sc3ccccc3c21. The summed E-state index contributed by atoms with van der Waals surface area (Å²) in [7, 11) is 0. The van der Waals surface area contributed by atoms with Crippen LogP contribution in [0.2, 0.25) is 0 Å². The molecular weight excluding hydrogens is 206 g/mol. The Bertz CT molecular complexity index is 491. The zero-order valence-electron chi connectivity index (χ0n) is 8.40. The normalized spacial score (nSPS) is 20.5. The summed E-state index contributed by atoms with van der Waals surface area (Å²) in [5, 5.41) is 1.33. The molecule has 15 heavy (non-hydrogen) atoms. The topological polar surface area (TPSA) is 35.2 Å². The quantitative estimate of drug-likeness (QED) is 0.799. The molecule has 2 nitrogen and oxygen atoms in total. The summed E-state index contributed by atoms with van der Waals surface area (Å²) in [5.41, 5.74) is 7.09. The first-order valence-corrected chi connectivity index (χ1v) is 6.04. The smallest absolute Gasteiger partial charge is 0.0963 e. The molecule has 1 aromatic carbocycles. The number of hydrogen-bond acceptors (Lipinski definition) is 3. The lowest BCUT2D eigenvalue weighted by Gasteiger charge is -2.22. The van der Waals surface area contributed by atoms with Crippen LogP contribution in [0, 0.1) is 0 Å². The van der Waals surface area contributed by atoms with Crippen molar-refractivity contribution in [2.45, 2.75) is 12.5 Å². The third-order valence-electron chi connectivity index (χ3n) is 2.90. The molecule has 0 saturated heterocycles. The highest BCUT2D eigenvalue weighted by molar-refractivity contribution is 7.19. The van der Waals surface area contributed by atoms with Crippen LogP contribution in [0.1, 0.15) is 16.5 Å². The summed E-state index contributed by atoms with van der Waals surface area (Å²) in [6, 6.07) is 8.51. The molecule has 0 fully saturated rings. The van der Waals surface area contributed by atoms with E-state index in [1.54, 1.807) is 0 Å². The van der Waals surface area contributed by atoms with Crippen LogP contribution in [-0.2, 0) is 11.2 Å². The van der Waals surface area contributed by atoms with Crippen molar-refractivity contribution < 1.29 is 4.74 Å². The molecule has 2 N–H and O–H groups in total. The maximum Gasteiger partial charge on any atom is 0.0963 e. The number of benzene rings is 1. The number of hydrogen-bond donors (Lipinski definition) is 1. The largest absolute Gasteiger partial charge is 0.372 e. The van der Waals surface area contributed by atoms with Gasteiger partial charge in [0.25, 0.3) is 0 Å². The molecule has 1 aliphatic heterocycles. The van der Waals surface area contributed by atoms with Crippen LogP contribution in [-0.4, -0.2) is 13.2 Å². The molecule has 0 unspecified atom stereocenters. The van der Waals surface area contributed by atoms with Gasteiger partial charge in [-0.3, -0.25) is 0 Å². The molecule has 1 atom stereocenters. The molecule has 0 radical (unpaired) electrons. The molecule has 0 spiro atoms. The molecule has 0 bridgehead atoms. The van der Waals surface area contributed by atoms with Gasteiger partial charge < -0.3 is 10.5 Å². The minimum Gasteiger partial charge on any atom is -0.372 e. The van der Waals surface area contributed by atoms with Crippen LogP contribution >= 0.6 is 11.3 Å². The van der Waals surface area contributed by atoms with Gasteiger partial charge >= 0.3 is 0 Å². The van der Waals surface area contributed by atoms with Gasteiger partial charge in [-0.15, -0.1) is 11.3 Å². The number of fused-ring (bicyclic) bond motifs is 3. The third kappa shape index (κ3) is 1.39. The second-order valence-corrected chi connectivity index (χ2v) is 4.92. The molecule has 0 saturated carbocycles. The van der Waals surface area contributed by atoms with E-state index in [-0.39, 0.29) is 6.10 Å². The fraction of sp³-hybridized carbons (Fsp3) is 0.333. The van der Waals surface area contributed by atoms with Gasteiger partial charge in [0, 0.05) is 28.1 Å². The minimum atomic E-state index is 0.102. The van der Waals surface area contributed by atoms with Gasteiger partial charge in [0.1, 0.15) is 0 Å². The van der Waals surface area contributed by atoms with Crippen molar-refractivity contribution in [3.8, 4) is 0 Å². The van der Waals surface area contributed by atoms with Crippen LogP contribution < -0.4 is 5.73 Å². The average Bonchev–Trinajstić information content (AvgIpc) is 2.67. The van der Waals surface area contributed by atoms with E-state index in [0.29, 0.717) is 6.54 Å². The molecule has 3 rings (SSSR count). The number of rotatable bonds is 1. The Hall–Kier alpha value is -0.900. The lowest BCUT2D eigenvalue weighted by atomic mass is 10.0. The van der Waals surface area contributed by atoms with Gasteiger partial charge in [-0.05, 0) is 11.5 Å². The van der Waals surface area contributed by atoms with Crippen LogP contribution in [0.3, 0.4) is 0 Å². The summed E-state index contributed by atoms with van der Waals surface area (Å²) < 4.78 is 7.05. The van der Waals surface area contributed by atoms with E-state index in [2.05, 4.69) is 24.3 Å². The first-order chi connectivity index (χ1) is 7.40. The molecule has 1 aliphatic rings. The van der Waals surface area contributed by atoms with Crippen molar-refractivity contribution in [3.05, 3.63) is 34.7 Å². The summed E-state index contributed by atoms with van der Waals surface area (Å²) in [4.78, 5) is 1.46. The van der Waals surface area contributed by atoms with E-state index < -0.39 is 0 Å². The second kappa shape index (κ2) is 3.59. The highest BCUT2D eigenvalue weighted by Gasteiger charge is 2.24. The molecule has 1 aromatic heterocycles. The summed E-state index contributed by atoms with van der Waals surface area (Å²) in [6.45, 7) is 1.38. The van der Waals surface area contributed by atoms with Gasteiger partial charge in [0.2, 0.25) is 0 Å². The second-order valence-electron chi connectivity index (χ2n) is 3.78. The van der Waals surface area contributed by atoms with E-state index in [4.69, 9.17) is 10.5 Å². The first kappa shape index (κ1) is 9.33. The average molecular weight is 219 g/mol. The van der Waals surface area contributed by atoms with E-state index in [9.17, 15) is 0 Å². The fourth-order valence-electron chi connectivity index (χ4n) is 2.22. The Balaban J connectivity index is 2.27. The fourth-order valence-corrected chi connectivity index (χ4v) is 3.45. The highest BCUT2D eigenvalue weighted by atomic mass is 32.1. The van der Waals surface area contributed by atoms with Gasteiger partial charge in [0.05, 0.1) is 12.7 Å². The third-order valence-corrected chi connectivity index (χ3v) is 4.14. The van der Waals surface area contributed by atoms with Crippen molar-refractivity contribution >= 4 is 21.4 Å². The molecule has 78 valence electrons. The molecule has 3 heteroatoms. The van der Waals surface area contributed by atoms with Crippen molar-refractivity contribution in [2.24, 2.45) is 5.73 Å². The minimum absolute atomic E-state index is 0.102. The zero-order valence-corrected chi connectivity index (χ0v) is 9.22. The highest BCUT2D eigenvalue weighted by Crippen LogP contribution is 2.39. The summed E-state index contributed by atoms with van der Waals surface area (Å²) in [5.74, 6) is 0. The maximum atomic E-state index is 5.75. The van der Waals surface area contributed by atoms with E-state index in [1.807, 2.05) is 11.3 Å². The number of nitrogens with two attached hydrogens (primary N) is 1. The van der Waals surface area contributed by atoms with Crippen molar-refractivity contribution in [1.82, 2.24) is 0 Å². The monoisotopic (exact) mass is 219 g/mol. The predicted molar refractivity (Wildman–Crippen MR) is 63.3 cm³/mol. The van der Waals surface area contributed by atoms with Crippen molar-refractivity contribution in [2.75, 3.05) is 13.2 Å². The summed E-state index contributed by atoms with van der Waals surface area (Å²) >= 11 is 1.88. The zero-order chi connectivity index (χ0) is 10.3. The molecule has 0 amide bonds. The van der Waals surface area contributed by atoms with Crippen molar-refractivity contribution in [1.29, 1.82) is 0 Å². The summed E-state index contributed by atoms with van der Waals surface area (Å²) in [6.07, 6.45) is 1.13. The molecule has 0 aliphatic carbocycles. The van der Waals surface area contributed by atoms with E-state index in [0.717, 1.165) is 13.0 Å². The lowest BCUT2D eigenvalue weighted by molar-refractivity contribution is 0.0508. The maximum absolute atomic E-state index is 5.75. The standard InChI is InChI=1S/C12H13NOS/c13-7-9-12-8-3-1-2-4-10(8)15-11(12)5-6-14-9/h1-4,9H,5-7,13H2/t9-/m1/s1. The Morgan fingerprint density at radius 2 is 2.27 bits per heavy atom. The van der Waals surface area contributed by atoms with Gasteiger partial charge in [-0.2, -0.15) is 0 Å². The van der Waals surface area contributed by atoms with E-state index >= 15 is 0 Å². The number of thiophene rings is 1. The van der Waals surface area contributed by atoms with Crippen LogP contribution in [0.4, 0.5) is 0 Å². The van der Waals surface area contributed by atoms with Crippen LogP contribution in [0.15, 0.2) is 24.3 Å². The molecular formula is C12H13NOS. The Morgan fingerprint density at radius 1 is 1.40 bits per heavy atom. The van der Waals surface area contributed by atoms with Crippen LogP contribution in [0.5, 0.6) is 0 Å². The van der Waals surface area contributed by atoms with Crippen molar-refractivity contribution in [3.63, 3.8) is 0 Å². The Morgan fingerprint density at radius 3 is 3.13 bits per heavy atom. The van der Waals surface area contributed by atoms with Crippen LogP contribution in [0.25, 0.3) is 10.1 Å². The molecule has 2 aromatic rings. The Kier molecular flexibility index (Phi) is 2.24. The van der Waals surface area contributed by atoms with Gasteiger partial charge in [-0.1, -0.05) is 18.2 Å². The van der Waals surface area contributed by atoms with Gasteiger partial charge in [0.15, 0.2) is 0 Å². The number of ether oxygens (including phenoxy) is 1. The van der Waals surface area contributed by atoms with Gasteiger partial charge in [-0.25, -0.2) is 0 Å².